The summed E-state index contributed by atoms with van der Waals surface area (Å²) in [6, 6.07) is 28.0. The zero-order valence-electron chi connectivity index (χ0n) is 25.9. The number of likely N-dealkylation sites (N-methyl/N-ethyl adjacent to an activating group) is 1. The van der Waals surface area contributed by atoms with Crippen LogP contribution < -0.4 is 9.47 Å². The predicted octanol–water partition coefficient (Wildman–Crippen LogP) is 6.90. The molecule has 45 heavy (non-hydrogen) atoms. The number of fused-ring (bicyclic) bond motifs is 2. The minimum atomic E-state index is -0.00922. The third-order valence-electron chi connectivity index (χ3n) is 7.83. The summed E-state index contributed by atoms with van der Waals surface area (Å²) in [5.41, 5.74) is 5.96. The SMILES string of the molecule is CCOc1ccc(-c2cc3cccn(C(=O)N4CCN(C)CC4)c-3n2)cc1.CCOc1ccc(-c2cc3cccnc3[nH]2)cc1. The van der Waals surface area contributed by atoms with Crippen LogP contribution in [0.2, 0.25) is 0 Å². The minimum Gasteiger partial charge on any atom is -0.494 e. The molecule has 0 aliphatic carbocycles. The molecule has 1 fully saturated rings. The summed E-state index contributed by atoms with van der Waals surface area (Å²) in [6.07, 6.45) is 3.60. The average Bonchev–Trinajstić information content (AvgIpc) is 3.71. The third kappa shape index (κ3) is 6.84. The van der Waals surface area contributed by atoms with Crippen molar-refractivity contribution >= 4 is 17.1 Å². The van der Waals surface area contributed by atoms with Crippen molar-refractivity contribution in [2.75, 3.05) is 46.4 Å². The van der Waals surface area contributed by atoms with Crippen LogP contribution >= 0.6 is 0 Å². The molecular weight excluding hydrogens is 564 g/mol. The number of benzene rings is 2. The van der Waals surface area contributed by atoms with Gasteiger partial charge in [0.25, 0.3) is 0 Å². The predicted molar refractivity (Wildman–Crippen MR) is 178 cm³/mol. The van der Waals surface area contributed by atoms with E-state index in [0.29, 0.717) is 19.0 Å². The lowest BCUT2D eigenvalue weighted by atomic mass is 10.1. The van der Waals surface area contributed by atoms with Gasteiger partial charge in [-0.15, -0.1) is 0 Å². The first-order chi connectivity index (χ1) is 22.0. The highest BCUT2D eigenvalue weighted by Crippen LogP contribution is 2.30. The molecule has 9 nitrogen and oxygen atoms in total. The highest BCUT2D eigenvalue weighted by molar-refractivity contribution is 5.84. The Morgan fingerprint density at radius 3 is 2.11 bits per heavy atom. The molecular formula is C36H38N6O3. The first-order valence-corrected chi connectivity index (χ1v) is 15.4. The number of hydrogen-bond acceptors (Lipinski definition) is 6. The number of amides is 1. The van der Waals surface area contributed by atoms with E-state index in [-0.39, 0.29) is 6.03 Å². The van der Waals surface area contributed by atoms with E-state index in [9.17, 15) is 4.79 Å². The second kappa shape index (κ2) is 13.7. The molecule has 1 N–H and O–H groups in total. The van der Waals surface area contributed by atoms with E-state index in [1.165, 1.54) is 0 Å². The van der Waals surface area contributed by atoms with Crippen LogP contribution in [-0.2, 0) is 0 Å². The first-order valence-electron chi connectivity index (χ1n) is 15.4. The van der Waals surface area contributed by atoms with Crippen molar-refractivity contribution in [1.29, 1.82) is 0 Å². The van der Waals surface area contributed by atoms with Gasteiger partial charge in [-0.3, -0.25) is 4.57 Å². The zero-order valence-corrected chi connectivity index (χ0v) is 25.9. The number of piperazine rings is 1. The number of aromatic amines is 1. The summed E-state index contributed by atoms with van der Waals surface area (Å²) in [5, 5.41) is 1.13. The van der Waals surface area contributed by atoms with Gasteiger partial charge in [0.15, 0.2) is 0 Å². The van der Waals surface area contributed by atoms with E-state index in [1.807, 2.05) is 79.4 Å². The van der Waals surface area contributed by atoms with E-state index in [0.717, 1.165) is 76.8 Å². The van der Waals surface area contributed by atoms with Gasteiger partial charge in [-0.05, 0) is 111 Å². The Labute approximate surface area is 263 Å². The van der Waals surface area contributed by atoms with Crippen molar-refractivity contribution in [3.8, 4) is 45.4 Å². The van der Waals surface area contributed by atoms with E-state index >= 15 is 0 Å². The van der Waals surface area contributed by atoms with Crippen LogP contribution in [0.5, 0.6) is 11.5 Å². The quantitative estimate of drug-likeness (QED) is 0.223. The average molecular weight is 603 g/mol. The van der Waals surface area contributed by atoms with Crippen molar-refractivity contribution in [1.82, 2.24) is 29.3 Å². The highest BCUT2D eigenvalue weighted by atomic mass is 16.5. The lowest BCUT2D eigenvalue weighted by Gasteiger charge is -2.32. The van der Waals surface area contributed by atoms with Crippen LogP contribution in [0, 0.1) is 0 Å². The number of aromatic nitrogens is 4. The molecule has 0 bridgehead atoms. The maximum Gasteiger partial charge on any atom is 0.329 e. The normalized spacial score (nSPS) is 13.4. The molecule has 230 valence electrons. The Morgan fingerprint density at radius 1 is 0.800 bits per heavy atom. The van der Waals surface area contributed by atoms with Crippen molar-refractivity contribution in [2.45, 2.75) is 13.8 Å². The molecule has 3 aliphatic heterocycles. The van der Waals surface area contributed by atoms with Gasteiger partial charge in [0, 0.05) is 60.8 Å². The maximum atomic E-state index is 13.0. The van der Waals surface area contributed by atoms with Gasteiger partial charge in [-0.2, -0.15) is 0 Å². The molecule has 7 rings (SSSR count). The number of carbonyl (C=O) groups is 1. The van der Waals surface area contributed by atoms with E-state index < -0.39 is 0 Å². The van der Waals surface area contributed by atoms with E-state index in [4.69, 9.17) is 14.5 Å². The molecule has 4 aromatic rings. The van der Waals surface area contributed by atoms with Gasteiger partial charge < -0.3 is 24.3 Å². The van der Waals surface area contributed by atoms with Crippen molar-refractivity contribution < 1.29 is 14.3 Å². The minimum absolute atomic E-state index is 0.00922. The summed E-state index contributed by atoms with van der Waals surface area (Å²) >= 11 is 0. The summed E-state index contributed by atoms with van der Waals surface area (Å²) in [4.78, 5) is 29.5. The maximum absolute atomic E-state index is 13.0. The molecule has 0 radical (unpaired) electrons. The fourth-order valence-corrected chi connectivity index (χ4v) is 5.39. The summed E-state index contributed by atoms with van der Waals surface area (Å²) in [7, 11) is 2.08. The molecule has 2 aromatic heterocycles. The molecule has 3 aliphatic rings. The Kier molecular flexibility index (Phi) is 9.07. The molecule has 0 saturated carbocycles. The molecule has 9 heteroatoms. The van der Waals surface area contributed by atoms with Crippen LogP contribution in [-0.4, -0.2) is 81.8 Å². The topological polar surface area (TPSA) is 88.5 Å². The molecule has 0 spiro atoms. The number of pyridine rings is 2. The number of nitrogens with zero attached hydrogens (tertiary/aromatic N) is 5. The lowest BCUT2D eigenvalue weighted by molar-refractivity contribution is 0.155. The Hall–Kier alpha value is -5.15. The van der Waals surface area contributed by atoms with Crippen LogP contribution in [0.1, 0.15) is 13.8 Å². The highest BCUT2D eigenvalue weighted by Gasteiger charge is 2.24. The second-order valence-electron chi connectivity index (χ2n) is 10.9. The van der Waals surface area contributed by atoms with Crippen molar-refractivity contribution in [3.05, 3.63) is 97.3 Å². The molecule has 2 aromatic carbocycles. The van der Waals surface area contributed by atoms with Crippen molar-refractivity contribution in [2.24, 2.45) is 0 Å². The number of nitrogens with one attached hydrogen (secondary N) is 1. The van der Waals surface area contributed by atoms with E-state index in [1.54, 1.807) is 17.0 Å². The largest absolute Gasteiger partial charge is 0.494 e. The van der Waals surface area contributed by atoms with Gasteiger partial charge >= 0.3 is 6.03 Å². The van der Waals surface area contributed by atoms with Gasteiger partial charge in [-0.1, -0.05) is 0 Å². The molecule has 1 amide bonds. The zero-order chi connectivity index (χ0) is 31.2. The van der Waals surface area contributed by atoms with Crippen LogP contribution in [0.4, 0.5) is 4.79 Å². The summed E-state index contributed by atoms with van der Waals surface area (Å²) < 4.78 is 12.6. The molecule has 1 saturated heterocycles. The first kappa shape index (κ1) is 29.9. The van der Waals surface area contributed by atoms with Gasteiger partial charge in [0.1, 0.15) is 23.0 Å². The monoisotopic (exact) mass is 602 g/mol. The van der Waals surface area contributed by atoms with Gasteiger partial charge in [-0.25, -0.2) is 14.8 Å². The second-order valence-corrected chi connectivity index (χ2v) is 10.9. The van der Waals surface area contributed by atoms with Crippen LogP contribution in [0.25, 0.3) is 44.9 Å². The fourth-order valence-electron chi connectivity index (χ4n) is 5.39. The summed E-state index contributed by atoms with van der Waals surface area (Å²) in [5.74, 6) is 2.44. The number of rotatable bonds is 6. The standard InChI is InChI=1S/C21H24N4O2.C15H14N2O/c1-3-27-18-8-6-16(7-9-18)19-15-17-5-4-10-25(20(17)22-19)21(26)24-13-11-23(2)12-14-24;1-2-18-13-7-5-11(6-8-13)14-10-12-4-3-9-16-15(12)17-14/h4-10,15H,3,11-14H2,1-2H3;3-10H,2H2,1H3,(H,16,17). The van der Waals surface area contributed by atoms with Crippen LogP contribution in [0.3, 0.4) is 0 Å². The third-order valence-corrected chi connectivity index (χ3v) is 7.83. The fraction of sp³-hybridized carbons (Fsp3) is 0.250. The van der Waals surface area contributed by atoms with Crippen LogP contribution in [0.15, 0.2) is 97.3 Å². The number of hydrogen-bond donors (Lipinski definition) is 1. The van der Waals surface area contributed by atoms with Gasteiger partial charge in [0.2, 0.25) is 0 Å². The summed E-state index contributed by atoms with van der Waals surface area (Å²) in [6.45, 7) is 8.56. The number of carbonyl (C=O) groups excluding carboxylic acids is 1. The Morgan fingerprint density at radius 2 is 1.47 bits per heavy atom. The molecule has 0 atom stereocenters. The smallest absolute Gasteiger partial charge is 0.329 e. The van der Waals surface area contributed by atoms with E-state index in [2.05, 4.69) is 46.2 Å². The van der Waals surface area contributed by atoms with Crippen molar-refractivity contribution in [3.63, 3.8) is 0 Å². The lowest BCUT2D eigenvalue weighted by Crippen LogP contribution is -2.48. The Bertz CT molecular complexity index is 1790. The molecule has 5 heterocycles. The number of ether oxygens (including phenoxy) is 2. The Balaban J connectivity index is 0.000000172. The van der Waals surface area contributed by atoms with Gasteiger partial charge in [0.05, 0.1) is 18.9 Å². The number of H-pyrrole nitrogens is 1. The molecule has 0 unspecified atom stereocenters.